The molecule has 112 valence electrons. The lowest BCUT2D eigenvalue weighted by Crippen LogP contribution is -2.39. The topological polar surface area (TPSA) is 25.9 Å². The maximum Gasteiger partial charge on any atom is 0.297 e. The third-order valence-electron chi connectivity index (χ3n) is 4.21. The number of para-hydroxylation sites is 2. The number of benzene rings is 2. The van der Waals surface area contributed by atoms with Crippen LogP contribution < -0.4 is 4.57 Å². The summed E-state index contributed by atoms with van der Waals surface area (Å²) >= 11 is 0. The highest BCUT2D eigenvalue weighted by atomic mass is 16.2. The Morgan fingerprint density at radius 1 is 0.870 bits per heavy atom. The maximum atomic E-state index is 12.9. The van der Waals surface area contributed by atoms with Gasteiger partial charge in [0.15, 0.2) is 12.4 Å². The number of pyridine rings is 1. The van der Waals surface area contributed by atoms with Crippen molar-refractivity contribution in [3.8, 4) is 0 Å². The maximum absolute atomic E-state index is 12.9. The fourth-order valence-electron chi connectivity index (χ4n) is 3.06. The number of carbonyl (C=O) groups excluding carboxylic acids is 1. The molecule has 0 saturated carbocycles. The highest BCUT2D eigenvalue weighted by Crippen LogP contribution is 2.28. The first-order valence-corrected chi connectivity index (χ1v) is 7.71. The monoisotopic (exact) mass is 301 g/mol. The molecule has 0 aliphatic rings. The Labute approximate surface area is 134 Å². The molecule has 2 heterocycles. The number of aryl methyl sites for hydroxylation is 1. The van der Waals surface area contributed by atoms with Gasteiger partial charge in [-0.15, -0.1) is 0 Å². The fourth-order valence-corrected chi connectivity index (χ4v) is 3.06. The van der Waals surface area contributed by atoms with Crippen LogP contribution in [0.5, 0.6) is 0 Å². The van der Waals surface area contributed by atoms with E-state index in [1.807, 2.05) is 77.0 Å². The van der Waals surface area contributed by atoms with Crippen LogP contribution in [0, 0.1) is 6.92 Å². The largest absolute Gasteiger partial charge is 0.297 e. The van der Waals surface area contributed by atoms with E-state index in [0.29, 0.717) is 6.54 Å². The van der Waals surface area contributed by atoms with E-state index < -0.39 is 0 Å². The van der Waals surface area contributed by atoms with E-state index in [2.05, 4.69) is 12.1 Å². The zero-order chi connectivity index (χ0) is 15.8. The number of rotatable bonds is 2. The summed E-state index contributed by atoms with van der Waals surface area (Å²) in [6, 6.07) is 20.2. The molecule has 4 aromatic rings. The van der Waals surface area contributed by atoms with Gasteiger partial charge in [0.25, 0.3) is 5.91 Å². The predicted molar refractivity (Wildman–Crippen MR) is 91.4 cm³/mol. The van der Waals surface area contributed by atoms with E-state index in [4.69, 9.17) is 0 Å². The third kappa shape index (κ3) is 2.30. The fraction of sp³-hybridized carbons (Fsp3) is 0.100. The van der Waals surface area contributed by atoms with Crippen LogP contribution in [0.15, 0.2) is 73.1 Å². The molecule has 2 aromatic carbocycles. The number of carbonyl (C=O) groups is 1. The van der Waals surface area contributed by atoms with Crippen LogP contribution >= 0.6 is 0 Å². The van der Waals surface area contributed by atoms with Crippen LogP contribution in [-0.2, 0) is 6.54 Å². The zero-order valence-electron chi connectivity index (χ0n) is 12.9. The Morgan fingerprint density at radius 2 is 1.39 bits per heavy atom. The number of aromatic nitrogens is 2. The van der Waals surface area contributed by atoms with E-state index in [0.717, 1.165) is 21.8 Å². The summed E-state index contributed by atoms with van der Waals surface area (Å²) in [5.74, 6) is 0.0660. The second-order valence-corrected chi connectivity index (χ2v) is 5.81. The quantitative estimate of drug-likeness (QED) is 0.518. The molecule has 0 N–H and O–H groups in total. The number of hydrogen-bond acceptors (Lipinski definition) is 1. The summed E-state index contributed by atoms with van der Waals surface area (Å²) in [5, 5.41) is 2.23. The van der Waals surface area contributed by atoms with Gasteiger partial charge < -0.3 is 0 Å². The number of nitrogens with zero attached hydrogens (tertiary/aromatic N) is 2. The average molecular weight is 301 g/mol. The van der Waals surface area contributed by atoms with Gasteiger partial charge in [-0.25, -0.2) is 0 Å². The molecule has 0 fully saturated rings. The van der Waals surface area contributed by atoms with Crippen LogP contribution in [0.2, 0.25) is 0 Å². The SMILES string of the molecule is Cc1cc[n+](CC(=O)n2c3ccccc3c3ccccc32)cc1. The summed E-state index contributed by atoms with van der Waals surface area (Å²) < 4.78 is 3.75. The molecule has 0 aliphatic heterocycles. The van der Waals surface area contributed by atoms with Gasteiger partial charge in [0, 0.05) is 22.9 Å². The van der Waals surface area contributed by atoms with Crippen molar-refractivity contribution in [3.05, 3.63) is 78.6 Å². The zero-order valence-corrected chi connectivity index (χ0v) is 12.9. The molecule has 3 nitrogen and oxygen atoms in total. The Bertz CT molecular complexity index is 960. The molecule has 23 heavy (non-hydrogen) atoms. The van der Waals surface area contributed by atoms with Crippen LogP contribution in [-0.4, -0.2) is 10.5 Å². The van der Waals surface area contributed by atoms with Crippen LogP contribution in [0.1, 0.15) is 10.4 Å². The van der Waals surface area contributed by atoms with E-state index in [1.165, 1.54) is 5.56 Å². The summed E-state index contributed by atoms with van der Waals surface area (Å²) in [7, 11) is 0. The second-order valence-electron chi connectivity index (χ2n) is 5.81. The Kier molecular flexibility index (Phi) is 3.19. The van der Waals surface area contributed by atoms with E-state index in [-0.39, 0.29) is 5.91 Å². The van der Waals surface area contributed by atoms with Crippen molar-refractivity contribution in [1.82, 2.24) is 4.57 Å². The minimum atomic E-state index is 0.0660. The van der Waals surface area contributed by atoms with E-state index in [9.17, 15) is 4.79 Å². The van der Waals surface area contributed by atoms with Gasteiger partial charge in [-0.1, -0.05) is 36.4 Å². The first kappa shape index (κ1) is 13.7. The normalized spacial score (nSPS) is 11.2. The van der Waals surface area contributed by atoms with Crippen molar-refractivity contribution in [1.29, 1.82) is 0 Å². The van der Waals surface area contributed by atoms with Gasteiger partial charge >= 0.3 is 0 Å². The van der Waals surface area contributed by atoms with Crippen molar-refractivity contribution in [2.45, 2.75) is 13.5 Å². The summed E-state index contributed by atoms with van der Waals surface area (Å²) in [6.07, 6.45) is 3.89. The third-order valence-corrected chi connectivity index (χ3v) is 4.21. The molecular weight excluding hydrogens is 284 g/mol. The second kappa shape index (κ2) is 5.36. The van der Waals surface area contributed by atoms with Gasteiger partial charge in [0.05, 0.1) is 11.0 Å². The van der Waals surface area contributed by atoms with E-state index >= 15 is 0 Å². The van der Waals surface area contributed by atoms with E-state index in [1.54, 1.807) is 0 Å². The molecule has 4 rings (SSSR count). The Morgan fingerprint density at radius 3 is 1.96 bits per heavy atom. The minimum absolute atomic E-state index is 0.0660. The van der Waals surface area contributed by atoms with Gasteiger partial charge in [-0.3, -0.25) is 9.36 Å². The first-order chi connectivity index (χ1) is 11.2. The lowest BCUT2D eigenvalue weighted by atomic mass is 10.2. The lowest BCUT2D eigenvalue weighted by Gasteiger charge is -2.04. The average Bonchev–Trinajstić information content (AvgIpc) is 2.91. The highest BCUT2D eigenvalue weighted by Gasteiger charge is 2.18. The number of fused-ring (bicyclic) bond motifs is 3. The molecule has 0 atom stereocenters. The van der Waals surface area contributed by atoms with Crippen molar-refractivity contribution < 1.29 is 9.36 Å². The molecule has 0 spiro atoms. The molecule has 0 aliphatic carbocycles. The van der Waals surface area contributed by atoms with Crippen molar-refractivity contribution in [2.75, 3.05) is 0 Å². The molecular formula is C20H17N2O+. The molecule has 2 aromatic heterocycles. The molecule has 0 amide bonds. The Balaban J connectivity index is 1.86. The summed E-state index contributed by atoms with van der Waals surface area (Å²) in [4.78, 5) is 12.9. The predicted octanol–water partition coefficient (Wildman–Crippen LogP) is 3.73. The molecule has 0 saturated heterocycles. The van der Waals surface area contributed by atoms with Crippen molar-refractivity contribution in [3.63, 3.8) is 0 Å². The summed E-state index contributed by atoms with van der Waals surface area (Å²) in [6.45, 7) is 2.36. The van der Waals surface area contributed by atoms with Crippen molar-refractivity contribution in [2.24, 2.45) is 0 Å². The van der Waals surface area contributed by atoms with Gasteiger partial charge in [-0.05, 0) is 24.6 Å². The van der Waals surface area contributed by atoms with Crippen molar-refractivity contribution >= 4 is 27.7 Å². The Hall–Kier alpha value is -2.94. The smallest absolute Gasteiger partial charge is 0.274 e. The van der Waals surface area contributed by atoms with Gasteiger partial charge in [0.2, 0.25) is 6.54 Å². The lowest BCUT2D eigenvalue weighted by molar-refractivity contribution is -0.683. The van der Waals surface area contributed by atoms with Crippen LogP contribution in [0.25, 0.3) is 21.8 Å². The minimum Gasteiger partial charge on any atom is -0.274 e. The highest BCUT2D eigenvalue weighted by molar-refractivity contribution is 6.13. The van der Waals surface area contributed by atoms with Gasteiger partial charge in [0.1, 0.15) is 0 Å². The molecule has 0 radical (unpaired) electrons. The molecule has 0 unspecified atom stereocenters. The van der Waals surface area contributed by atoms with Crippen LogP contribution in [0.3, 0.4) is 0 Å². The first-order valence-electron chi connectivity index (χ1n) is 7.71. The molecule has 3 heteroatoms. The van der Waals surface area contributed by atoms with Crippen LogP contribution in [0.4, 0.5) is 0 Å². The van der Waals surface area contributed by atoms with Gasteiger partial charge in [-0.2, -0.15) is 4.57 Å². The number of hydrogen-bond donors (Lipinski definition) is 0. The standard InChI is InChI=1S/C20H17N2O/c1-15-10-12-21(13-11-15)14-20(23)22-18-8-4-2-6-16(18)17-7-3-5-9-19(17)22/h2-13H,14H2,1H3/q+1. The molecule has 0 bridgehead atoms. The summed E-state index contributed by atoms with van der Waals surface area (Å²) in [5.41, 5.74) is 3.11.